The largest absolute Gasteiger partial charge is 0.256 e. The van der Waals surface area contributed by atoms with Crippen LogP contribution in [0, 0.1) is 0 Å². The monoisotopic (exact) mass is 437 g/mol. The van der Waals surface area contributed by atoms with E-state index in [1.54, 1.807) is 0 Å². The van der Waals surface area contributed by atoms with Gasteiger partial charge in [0.2, 0.25) is 0 Å². The number of benzene rings is 3. The van der Waals surface area contributed by atoms with Crippen molar-refractivity contribution in [2.24, 2.45) is 0 Å². The standard InChI is InChI=1S/C30H33NSi/c1-22(2)25-15-12-16-26(19-25)29-20-28(23(3)24-13-8-6-9-14-24)30(21-31-29)32(4,5)27-17-10-7-11-18-27/h6-23H,1-5H3/i22D,23D. The van der Waals surface area contributed by atoms with Crippen LogP contribution in [0.1, 0.15) is 52.0 Å². The molecule has 0 fully saturated rings. The first-order valence-electron chi connectivity index (χ1n) is 12.2. The Morgan fingerprint density at radius 3 is 2.03 bits per heavy atom. The van der Waals surface area contributed by atoms with E-state index in [0.717, 1.165) is 27.9 Å². The minimum Gasteiger partial charge on any atom is -0.256 e. The van der Waals surface area contributed by atoms with Crippen molar-refractivity contribution in [1.82, 2.24) is 4.98 Å². The third-order valence-electron chi connectivity index (χ3n) is 6.42. The first-order chi connectivity index (χ1) is 16.0. The lowest BCUT2D eigenvalue weighted by molar-refractivity contribution is 0.867. The summed E-state index contributed by atoms with van der Waals surface area (Å²) in [6, 6.07) is 30.9. The van der Waals surface area contributed by atoms with Crippen LogP contribution < -0.4 is 10.4 Å². The fourth-order valence-corrected chi connectivity index (χ4v) is 6.92. The first kappa shape index (κ1) is 19.7. The normalized spacial score (nSPS) is 14.9. The lowest BCUT2D eigenvalue weighted by atomic mass is 9.92. The highest BCUT2D eigenvalue weighted by Gasteiger charge is 2.31. The van der Waals surface area contributed by atoms with E-state index in [1.807, 2.05) is 75.5 Å². The molecule has 1 aromatic heterocycles. The molecule has 1 unspecified atom stereocenters. The van der Waals surface area contributed by atoms with Crippen LogP contribution in [-0.2, 0) is 0 Å². The van der Waals surface area contributed by atoms with Gasteiger partial charge < -0.3 is 0 Å². The lowest BCUT2D eigenvalue weighted by Crippen LogP contribution is -2.54. The highest BCUT2D eigenvalue weighted by molar-refractivity contribution is 7.00. The summed E-state index contributed by atoms with van der Waals surface area (Å²) in [4.78, 5) is 4.92. The first-order valence-corrected chi connectivity index (χ1v) is 14.2. The maximum absolute atomic E-state index is 9.56. The molecule has 0 aliphatic heterocycles. The van der Waals surface area contributed by atoms with Gasteiger partial charge in [0.05, 0.1) is 5.69 Å². The minimum absolute atomic E-state index is 0.686. The Balaban J connectivity index is 1.94. The van der Waals surface area contributed by atoms with Gasteiger partial charge in [0.25, 0.3) is 0 Å². The SMILES string of the molecule is [2H]C(C)(C)c1cccc(-c2cc(C([2H])(C)c3ccccc3)c([Si](C)(C)c3ccccc3)cn2)c1. The van der Waals surface area contributed by atoms with Crippen LogP contribution in [-0.4, -0.2) is 13.1 Å². The third kappa shape index (κ3) is 4.47. The molecule has 0 bridgehead atoms. The lowest BCUT2D eigenvalue weighted by Gasteiger charge is -2.29. The molecule has 3 aromatic carbocycles. The van der Waals surface area contributed by atoms with Crippen molar-refractivity contribution in [3.05, 3.63) is 114 Å². The quantitative estimate of drug-likeness (QED) is 0.301. The van der Waals surface area contributed by atoms with E-state index in [1.165, 1.54) is 10.4 Å². The molecule has 0 radical (unpaired) electrons. The maximum Gasteiger partial charge on any atom is 0.114 e. The predicted molar refractivity (Wildman–Crippen MR) is 141 cm³/mol. The number of hydrogen-bond donors (Lipinski definition) is 0. The highest BCUT2D eigenvalue weighted by Crippen LogP contribution is 2.29. The summed E-state index contributed by atoms with van der Waals surface area (Å²) in [6.45, 7) is 10.5. The molecule has 4 aromatic rings. The van der Waals surface area contributed by atoms with E-state index in [0.29, 0.717) is 0 Å². The summed E-state index contributed by atoms with van der Waals surface area (Å²) in [5.74, 6) is -1.62. The van der Waals surface area contributed by atoms with Crippen LogP contribution in [0.5, 0.6) is 0 Å². The molecular formula is C30H33NSi. The van der Waals surface area contributed by atoms with Crippen molar-refractivity contribution < 1.29 is 2.74 Å². The van der Waals surface area contributed by atoms with Crippen molar-refractivity contribution in [2.75, 3.05) is 0 Å². The van der Waals surface area contributed by atoms with E-state index in [2.05, 4.69) is 55.6 Å². The van der Waals surface area contributed by atoms with Gasteiger partial charge in [-0.1, -0.05) is 118 Å². The van der Waals surface area contributed by atoms with Crippen molar-refractivity contribution >= 4 is 18.4 Å². The highest BCUT2D eigenvalue weighted by atomic mass is 28.3. The zero-order valence-electron chi connectivity index (χ0n) is 21.7. The zero-order valence-corrected chi connectivity index (χ0v) is 20.7. The van der Waals surface area contributed by atoms with Crippen molar-refractivity contribution in [3.63, 3.8) is 0 Å². The van der Waals surface area contributed by atoms with E-state index >= 15 is 0 Å². The number of aromatic nitrogens is 1. The minimum atomic E-state index is -2.12. The Kier molecular flexibility index (Phi) is 5.70. The molecule has 0 aliphatic rings. The molecule has 1 atom stereocenters. The van der Waals surface area contributed by atoms with Gasteiger partial charge in [0, 0.05) is 20.4 Å². The van der Waals surface area contributed by atoms with Crippen LogP contribution in [0.15, 0.2) is 97.2 Å². The van der Waals surface area contributed by atoms with Gasteiger partial charge in [-0.2, -0.15) is 0 Å². The number of pyridine rings is 1. The molecule has 0 amide bonds. The zero-order chi connectivity index (χ0) is 24.6. The Morgan fingerprint density at radius 1 is 0.750 bits per heavy atom. The van der Waals surface area contributed by atoms with Crippen molar-refractivity contribution in [1.29, 1.82) is 0 Å². The second-order valence-electron chi connectivity index (χ2n) is 9.18. The van der Waals surface area contributed by atoms with Crippen molar-refractivity contribution in [2.45, 2.75) is 45.7 Å². The topological polar surface area (TPSA) is 12.9 Å². The number of rotatable bonds is 6. The summed E-state index contributed by atoms with van der Waals surface area (Å²) >= 11 is 0. The Hall–Kier alpha value is -2.97. The summed E-state index contributed by atoms with van der Waals surface area (Å²) in [7, 11) is -2.12. The summed E-state index contributed by atoms with van der Waals surface area (Å²) in [5, 5.41) is 2.51. The Labute approximate surface area is 197 Å². The van der Waals surface area contributed by atoms with Crippen LogP contribution >= 0.6 is 0 Å². The van der Waals surface area contributed by atoms with Gasteiger partial charge >= 0.3 is 0 Å². The molecular weight excluding hydrogens is 402 g/mol. The molecule has 4 rings (SSSR count). The predicted octanol–water partition coefficient (Wildman–Crippen LogP) is 6.85. The summed E-state index contributed by atoms with van der Waals surface area (Å²) in [5.41, 5.74) is 4.74. The van der Waals surface area contributed by atoms with Crippen LogP contribution in [0.2, 0.25) is 13.1 Å². The molecule has 0 N–H and O–H groups in total. The maximum atomic E-state index is 9.56. The fraction of sp³-hybridized carbons (Fsp3) is 0.233. The molecule has 1 heterocycles. The molecule has 32 heavy (non-hydrogen) atoms. The molecule has 0 saturated heterocycles. The summed E-state index contributed by atoms with van der Waals surface area (Å²) < 4.78 is 18.0. The van der Waals surface area contributed by atoms with Gasteiger partial charge in [0.1, 0.15) is 8.07 Å². The van der Waals surface area contributed by atoms with E-state index in [4.69, 9.17) is 6.35 Å². The third-order valence-corrected chi connectivity index (χ3v) is 9.94. The second-order valence-corrected chi connectivity index (χ2v) is 13.5. The molecule has 0 saturated carbocycles. The van der Waals surface area contributed by atoms with Gasteiger partial charge in [0.15, 0.2) is 0 Å². The molecule has 2 heteroatoms. The number of hydrogen-bond acceptors (Lipinski definition) is 1. The molecule has 162 valence electrons. The van der Waals surface area contributed by atoms with Gasteiger partial charge in [-0.3, -0.25) is 4.98 Å². The van der Waals surface area contributed by atoms with Crippen LogP contribution in [0.3, 0.4) is 0 Å². The van der Waals surface area contributed by atoms with Gasteiger partial charge in [-0.05, 0) is 39.9 Å². The van der Waals surface area contributed by atoms with Crippen LogP contribution in [0.4, 0.5) is 0 Å². The smallest absolute Gasteiger partial charge is 0.114 e. The van der Waals surface area contributed by atoms with E-state index in [9.17, 15) is 1.37 Å². The Morgan fingerprint density at radius 2 is 1.38 bits per heavy atom. The molecule has 0 aliphatic carbocycles. The van der Waals surface area contributed by atoms with Crippen molar-refractivity contribution in [3.8, 4) is 11.3 Å². The number of nitrogens with zero attached hydrogens (tertiary/aromatic N) is 1. The second kappa shape index (κ2) is 9.26. The average molecular weight is 438 g/mol. The van der Waals surface area contributed by atoms with E-state index in [-0.39, 0.29) is 0 Å². The Bertz CT molecular complexity index is 1280. The van der Waals surface area contributed by atoms with Gasteiger partial charge in [-0.15, -0.1) is 0 Å². The summed E-state index contributed by atoms with van der Waals surface area (Å²) in [6.07, 6.45) is 2.01. The fourth-order valence-electron chi connectivity index (χ4n) is 4.27. The van der Waals surface area contributed by atoms with Crippen LogP contribution in [0.25, 0.3) is 11.3 Å². The van der Waals surface area contributed by atoms with Gasteiger partial charge in [-0.25, -0.2) is 0 Å². The average Bonchev–Trinajstić information content (AvgIpc) is 2.84. The molecule has 0 spiro atoms. The molecule has 1 nitrogen and oxygen atoms in total. The van der Waals surface area contributed by atoms with E-state index < -0.39 is 19.9 Å².